The summed E-state index contributed by atoms with van der Waals surface area (Å²) in [6.45, 7) is 8.57. The van der Waals surface area contributed by atoms with Gasteiger partial charge < -0.3 is 0 Å². The summed E-state index contributed by atoms with van der Waals surface area (Å²) in [5, 5.41) is 2.78. The van der Waals surface area contributed by atoms with Crippen molar-refractivity contribution < 1.29 is 0 Å². The summed E-state index contributed by atoms with van der Waals surface area (Å²) >= 11 is 0. The first-order chi connectivity index (χ1) is 20.2. The minimum Gasteiger partial charge on any atom is -0.0836 e. The maximum absolute atomic E-state index is 2.44. The van der Waals surface area contributed by atoms with Crippen molar-refractivity contribution in [2.75, 3.05) is 0 Å². The molecule has 41 heavy (non-hydrogen) atoms. The lowest BCUT2D eigenvalue weighted by Crippen LogP contribution is -2.08. The van der Waals surface area contributed by atoms with E-state index in [4.69, 9.17) is 0 Å². The highest BCUT2D eigenvalue weighted by molar-refractivity contribution is 6.03. The Labute approximate surface area is 248 Å². The Kier molecular flexibility index (Phi) is 9.73. The maximum atomic E-state index is 2.44. The van der Waals surface area contributed by atoms with Gasteiger partial charge in [-0.05, 0) is 99.4 Å². The van der Waals surface area contributed by atoms with Crippen molar-refractivity contribution in [3.8, 4) is 11.1 Å². The fraction of sp³-hybridized carbons (Fsp3) is 0.317. The molecule has 0 nitrogen and oxygen atoms in total. The van der Waals surface area contributed by atoms with E-state index in [-0.39, 0.29) is 0 Å². The van der Waals surface area contributed by atoms with Gasteiger partial charge >= 0.3 is 0 Å². The van der Waals surface area contributed by atoms with Gasteiger partial charge in [-0.3, -0.25) is 0 Å². The van der Waals surface area contributed by atoms with Crippen LogP contribution in [0.2, 0.25) is 0 Å². The summed E-state index contributed by atoms with van der Waals surface area (Å²) in [4.78, 5) is 0. The monoisotopic (exact) mass is 538 g/mol. The Bertz CT molecular complexity index is 1550. The van der Waals surface area contributed by atoms with E-state index in [1.807, 2.05) is 13.8 Å². The molecule has 3 aliphatic rings. The third-order valence-electron chi connectivity index (χ3n) is 8.91. The average Bonchev–Trinajstić information content (AvgIpc) is 3.18. The predicted molar refractivity (Wildman–Crippen MR) is 182 cm³/mol. The Morgan fingerprint density at radius 3 is 2.34 bits per heavy atom. The van der Waals surface area contributed by atoms with E-state index in [2.05, 4.69) is 117 Å². The van der Waals surface area contributed by atoms with Crippen LogP contribution in [0.3, 0.4) is 0 Å². The molecule has 0 radical (unpaired) electrons. The van der Waals surface area contributed by atoms with Crippen LogP contribution in [0.5, 0.6) is 0 Å². The maximum Gasteiger partial charge on any atom is -0.00672 e. The number of rotatable bonds is 4. The van der Waals surface area contributed by atoms with E-state index in [9.17, 15) is 0 Å². The van der Waals surface area contributed by atoms with E-state index in [1.165, 1.54) is 86.5 Å². The van der Waals surface area contributed by atoms with Crippen LogP contribution in [0.4, 0.5) is 0 Å². The first kappa shape index (κ1) is 28.9. The molecule has 0 aromatic heterocycles. The van der Waals surface area contributed by atoms with E-state index < -0.39 is 0 Å². The van der Waals surface area contributed by atoms with Crippen LogP contribution in [0, 0.1) is 12.8 Å². The molecule has 0 amide bonds. The number of allylic oxidation sites excluding steroid dienone is 3. The summed E-state index contributed by atoms with van der Waals surface area (Å²) in [7, 11) is 0. The minimum absolute atomic E-state index is 0.935. The first-order valence-corrected chi connectivity index (χ1v) is 16.0. The number of hydrogen-bond donors (Lipinski definition) is 0. The molecule has 4 aromatic carbocycles. The summed E-state index contributed by atoms with van der Waals surface area (Å²) in [6.07, 6.45) is 24.1. The predicted octanol–water partition coefficient (Wildman–Crippen LogP) is 11.8. The smallest absolute Gasteiger partial charge is 0.00672 e. The Morgan fingerprint density at radius 1 is 0.829 bits per heavy atom. The molecule has 1 saturated carbocycles. The molecule has 0 unspecified atom stereocenters. The van der Waals surface area contributed by atoms with Crippen molar-refractivity contribution in [1.29, 1.82) is 0 Å². The largest absolute Gasteiger partial charge is 0.0836 e. The molecule has 0 heterocycles. The molecule has 0 saturated heterocycles. The fourth-order valence-electron chi connectivity index (χ4n) is 6.49. The van der Waals surface area contributed by atoms with Crippen LogP contribution in [-0.2, 0) is 19.3 Å². The van der Waals surface area contributed by atoms with Gasteiger partial charge in [-0.1, -0.05) is 150 Å². The minimum atomic E-state index is 0.935. The highest BCUT2D eigenvalue weighted by atomic mass is 14.2. The molecular formula is C41H46. The highest BCUT2D eigenvalue weighted by Crippen LogP contribution is 2.42. The third kappa shape index (κ3) is 6.33. The van der Waals surface area contributed by atoms with Crippen molar-refractivity contribution in [1.82, 2.24) is 0 Å². The van der Waals surface area contributed by atoms with E-state index in [0.717, 1.165) is 31.6 Å². The molecule has 7 rings (SSSR count). The van der Waals surface area contributed by atoms with Crippen LogP contribution < -0.4 is 0 Å². The molecule has 0 bridgehead atoms. The summed E-state index contributed by atoms with van der Waals surface area (Å²) in [5.41, 5.74) is 12.6. The van der Waals surface area contributed by atoms with Gasteiger partial charge in [0.15, 0.2) is 0 Å². The van der Waals surface area contributed by atoms with Gasteiger partial charge in [0.05, 0.1) is 0 Å². The topological polar surface area (TPSA) is 0 Å². The quantitative estimate of drug-likeness (QED) is 0.242. The molecule has 4 aromatic rings. The SMILES string of the molecule is CC.CCC1CCC1.Cc1cc2c(c3cccc(C/C=C/c4ccccc4)c13)C=CCc1ccc3c(c1-2)C=CCC3. The summed E-state index contributed by atoms with van der Waals surface area (Å²) in [5.74, 6) is 1.12. The third-order valence-corrected chi connectivity index (χ3v) is 8.91. The lowest BCUT2D eigenvalue weighted by Gasteiger charge is -2.22. The standard InChI is InChI=1S/C33H28.C6H12.C2H6/c1-23-22-31-29(18-8-16-27-21-20-25-13-5-6-17-28(25)33(27)31)30-19-9-15-26(32(23)30)14-7-12-24-10-3-2-4-11-24;1-2-6-4-3-5-6;1-2/h2-4,6-12,15,17-22H,5,13-14,16H2,1H3;6H,2-5H2,1H3;1-2H3/b12-7+;;. The molecular weight excluding hydrogens is 492 g/mol. The summed E-state index contributed by atoms with van der Waals surface area (Å²) < 4.78 is 0. The van der Waals surface area contributed by atoms with Gasteiger partial charge in [-0.15, -0.1) is 0 Å². The van der Waals surface area contributed by atoms with Gasteiger partial charge in [0, 0.05) is 0 Å². The second-order valence-electron chi connectivity index (χ2n) is 11.4. The van der Waals surface area contributed by atoms with Crippen molar-refractivity contribution in [3.63, 3.8) is 0 Å². The van der Waals surface area contributed by atoms with E-state index in [1.54, 1.807) is 0 Å². The Balaban J connectivity index is 0.000000371. The normalized spacial score (nSPS) is 15.0. The van der Waals surface area contributed by atoms with Crippen LogP contribution >= 0.6 is 0 Å². The van der Waals surface area contributed by atoms with Crippen LogP contribution in [0.15, 0.2) is 85.0 Å². The number of hydrogen-bond acceptors (Lipinski definition) is 0. The second kappa shape index (κ2) is 13.8. The van der Waals surface area contributed by atoms with Crippen molar-refractivity contribution in [2.24, 2.45) is 5.92 Å². The molecule has 210 valence electrons. The zero-order valence-corrected chi connectivity index (χ0v) is 25.5. The van der Waals surface area contributed by atoms with E-state index in [0.29, 0.717) is 0 Å². The molecule has 1 fully saturated rings. The fourth-order valence-corrected chi connectivity index (χ4v) is 6.49. The lowest BCUT2D eigenvalue weighted by atomic mass is 9.83. The Morgan fingerprint density at radius 2 is 1.61 bits per heavy atom. The first-order valence-electron chi connectivity index (χ1n) is 16.0. The number of aryl methyl sites for hydroxylation is 2. The van der Waals surface area contributed by atoms with Crippen LogP contribution in [0.1, 0.15) is 91.8 Å². The van der Waals surface area contributed by atoms with E-state index >= 15 is 0 Å². The summed E-state index contributed by atoms with van der Waals surface area (Å²) in [6, 6.07) is 24.5. The Hall–Kier alpha value is -3.64. The van der Waals surface area contributed by atoms with Gasteiger partial charge in [-0.25, -0.2) is 0 Å². The van der Waals surface area contributed by atoms with Crippen molar-refractivity contribution in [2.45, 2.75) is 79.1 Å². The molecule has 0 heteroatoms. The number of benzene rings is 4. The zero-order valence-electron chi connectivity index (χ0n) is 25.5. The zero-order chi connectivity index (χ0) is 28.6. The number of fused-ring (bicyclic) bond motifs is 7. The second-order valence-corrected chi connectivity index (χ2v) is 11.4. The van der Waals surface area contributed by atoms with Crippen LogP contribution in [-0.4, -0.2) is 0 Å². The van der Waals surface area contributed by atoms with Gasteiger partial charge in [0.1, 0.15) is 0 Å². The van der Waals surface area contributed by atoms with Gasteiger partial charge in [-0.2, -0.15) is 0 Å². The molecule has 0 atom stereocenters. The van der Waals surface area contributed by atoms with Crippen molar-refractivity contribution in [3.05, 3.63) is 124 Å². The molecule has 0 spiro atoms. The molecule has 0 N–H and O–H groups in total. The van der Waals surface area contributed by atoms with Crippen molar-refractivity contribution >= 4 is 29.0 Å². The van der Waals surface area contributed by atoms with Gasteiger partial charge in [0.25, 0.3) is 0 Å². The van der Waals surface area contributed by atoms with Crippen LogP contribution in [0.25, 0.3) is 40.1 Å². The average molecular weight is 539 g/mol. The highest BCUT2D eigenvalue weighted by Gasteiger charge is 2.21. The van der Waals surface area contributed by atoms with Gasteiger partial charge in [0.2, 0.25) is 0 Å². The molecule has 0 aliphatic heterocycles. The lowest BCUT2D eigenvalue weighted by molar-refractivity contribution is 0.307. The molecule has 3 aliphatic carbocycles.